The summed E-state index contributed by atoms with van der Waals surface area (Å²) in [5.74, 6) is -1.14. The third-order valence-corrected chi connectivity index (χ3v) is 3.51. The molecular formula is C12H22N2O4. The Hall–Kier alpha value is -1.14. The van der Waals surface area contributed by atoms with Crippen molar-refractivity contribution in [3.05, 3.63) is 0 Å². The lowest BCUT2D eigenvalue weighted by atomic mass is 9.90. The molecule has 104 valence electrons. The average Bonchev–Trinajstić information content (AvgIpc) is 2.34. The van der Waals surface area contributed by atoms with E-state index < -0.39 is 12.0 Å². The monoisotopic (exact) mass is 258 g/mol. The molecule has 1 aliphatic rings. The molecule has 1 saturated heterocycles. The zero-order valence-corrected chi connectivity index (χ0v) is 11.0. The van der Waals surface area contributed by atoms with Crippen LogP contribution in [0, 0.1) is 5.92 Å². The van der Waals surface area contributed by atoms with E-state index >= 15 is 0 Å². The highest BCUT2D eigenvalue weighted by Gasteiger charge is 2.37. The standard InChI is InChI=1S/C12H22N2O4/c1-8-4-3-5-14(11(8)12(16)17)10(15)6-9(7-13)18-2/h8-9,11H,3-7,13H2,1-2H3,(H,16,17). The van der Waals surface area contributed by atoms with Crippen molar-refractivity contribution in [1.82, 2.24) is 4.90 Å². The van der Waals surface area contributed by atoms with E-state index in [0.717, 1.165) is 12.8 Å². The van der Waals surface area contributed by atoms with Gasteiger partial charge < -0.3 is 20.5 Å². The highest BCUT2D eigenvalue weighted by molar-refractivity contribution is 5.84. The zero-order chi connectivity index (χ0) is 13.7. The number of likely N-dealkylation sites (tertiary alicyclic amines) is 1. The molecule has 0 bridgehead atoms. The summed E-state index contributed by atoms with van der Waals surface area (Å²) in [6.45, 7) is 2.62. The van der Waals surface area contributed by atoms with Crippen molar-refractivity contribution in [2.24, 2.45) is 11.7 Å². The number of ether oxygens (including phenoxy) is 1. The van der Waals surface area contributed by atoms with Gasteiger partial charge in [0.05, 0.1) is 12.5 Å². The predicted octanol–water partition coefficient (Wildman–Crippen LogP) is 0.0619. The van der Waals surface area contributed by atoms with E-state index in [0.29, 0.717) is 6.54 Å². The van der Waals surface area contributed by atoms with Crippen molar-refractivity contribution in [3.8, 4) is 0 Å². The molecule has 0 spiro atoms. The molecule has 3 unspecified atom stereocenters. The normalized spacial score (nSPS) is 25.8. The van der Waals surface area contributed by atoms with Crippen LogP contribution in [0.4, 0.5) is 0 Å². The van der Waals surface area contributed by atoms with Gasteiger partial charge >= 0.3 is 5.97 Å². The highest BCUT2D eigenvalue weighted by atomic mass is 16.5. The number of carbonyl (C=O) groups is 2. The van der Waals surface area contributed by atoms with Gasteiger partial charge in [0.15, 0.2) is 0 Å². The van der Waals surface area contributed by atoms with Crippen LogP contribution in [0.3, 0.4) is 0 Å². The molecule has 0 aromatic rings. The minimum Gasteiger partial charge on any atom is -0.480 e. The molecule has 0 aliphatic carbocycles. The maximum atomic E-state index is 12.1. The zero-order valence-electron chi connectivity index (χ0n) is 11.0. The summed E-state index contributed by atoms with van der Waals surface area (Å²) in [6.07, 6.45) is 1.48. The summed E-state index contributed by atoms with van der Waals surface area (Å²) >= 11 is 0. The van der Waals surface area contributed by atoms with Crippen LogP contribution in [0.2, 0.25) is 0 Å². The van der Waals surface area contributed by atoms with Crippen molar-refractivity contribution in [1.29, 1.82) is 0 Å². The van der Waals surface area contributed by atoms with Crippen molar-refractivity contribution in [2.45, 2.75) is 38.3 Å². The number of carbonyl (C=O) groups excluding carboxylic acids is 1. The minimum absolute atomic E-state index is 0.0147. The van der Waals surface area contributed by atoms with Crippen molar-refractivity contribution in [3.63, 3.8) is 0 Å². The highest BCUT2D eigenvalue weighted by Crippen LogP contribution is 2.24. The average molecular weight is 258 g/mol. The largest absolute Gasteiger partial charge is 0.480 e. The number of methoxy groups -OCH3 is 1. The number of piperidine rings is 1. The summed E-state index contributed by atoms with van der Waals surface area (Å²) in [5, 5.41) is 9.23. The van der Waals surface area contributed by atoms with Crippen LogP contribution < -0.4 is 5.73 Å². The molecule has 1 fully saturated rings. The quantitative estimate of drug-likeness (QED) is 0.727. The molecule has 0 aromatic heterocycles. The number of carboxylic acids is 1. The van der Waals surface area contributed by atoms with Crippen molar-refractivity contribution in [2.75, 3.05) is 20.2 Å². The lowest BCUT2D eigenvalue weighted by molar-refractivity contribution is -0.155. The Bertz CT molecular complexity index is 304. The molecule has 1 heterocycles. The van der Waals surface area contributed by atoms with Crippen LogP contribution in [0.1, 0.15) is 26.2 Å². The summed E-state index contributed by atoms with van der Waals surface area (Å²) in [6, 6.07) is -0.721. The van der Waals surface area contributed by atoms with Crippen LogP contribution in [0.25, 0.3) is 0 Å². The topological polar surface area (TPSA) is 92.9 Å². The van der Waals surface area contributed by atoms with Gasteiger partial charge in [-0.15, -0.1) is 0 Å². The Morgan fingerprint density at radius 2 is 2.22 bits per heavy atom. The number of nitrogens with two attached hydrogens (primary N) is 1. The molecule has 3 N–H and O–H groups in total. The van der Waals surface area contributed by atoms with E-state index in [1.807, 2.05) is 6.92 Å². The first-order valence-corrected chi connectivity index (χ1v) is 6.26. The van der Waals surface area contributed by atoms with Crippen LogP contribution >= 0.6 is 0 Å². The summed E-state index contributed by atoms with van der Waals surface area (Å²) < 4.78 is 5.06. The lowest BCUT2D eigenvalue weighted by Crippen LogP contribution is -2.52. The molecule has 6 heteroatoms. The van der Waals surface area contributed by atoms with Crippen molar-refractivity contribution < 1.29 is 19.4 Å². The van der Waals surface area contributed by atoms with Gasteiger partial charge in [0, 0.05) is 20.2 Å². The first-order chi connectivity index (χ1) is 8.51. The van der Waals surface area contributed by atoms with Crippen LogP contribution in [0.5, 0.6) is 0 Å². The Labute approximate surface area is 107 Å². The fourth-order valence-electron chi connectivity index (χ4n) is 2.42. The van der Waals surface area contributed by atoms with Crippen molar-refractivity contribution >= 4 is 11.9 Å². The number of aliphatic carboxylic acids is 1. The Morgan fingerprint density at radius 1 is 1.56 bits per heavy atom. The SMILES string of the molecule is COC(CN)CC(=O)N1CCCC(C)C1C(=O)O. The third kappa shape index (κ3) is 3.43. The van der Waals surface area contributed by atoms with Gasteiger partial charge in [-0.05, 0) is 18.8 Å². The molecule has 18 heavy (non-hydrogen) atoms. The molecular weight excluding hydrogens is 236 g/mol. The molecule has 0 aromatic carbocycles. The number of nitrogens with zero attached hydrogens (tertiary/aromatic N) is 1. The number of carboxylic acid groups (broad SMARTS) is 1. The number of hydrogen-bond donors (Lipinski definition) is 2. The molecule has 1 aliphatic heterocycles. The van der Waals surface area contributed by atoms with E-state index in [4.69, 9.17) is 10.5 Å². The fourth-order valence-corrected chi connectivity index (χ4v) is 2.42. The van der Waals surface area contributed by atoms with Gasteiger partial charge in [-0.1, -0.05) is 6.92 Å². The second-order valence-electron chi connectivity index (χ2n) is 4.79. The van der Waals surface area contributed by atoms with Gasteiger partial charge in [-0.2, -0.15) is 0 Å². The maximum absolute atomic E-state index is 12.1. The van der Waals surface area contributed by atoms with Gasteiger partial charge in [0.2, 0.25) is 5.91 Å². The van der Waals surface area contributed by atoms with Gasteiger partial charge in [-0.3, -0.25) is 4.79 Å². The van der Waals surface area contributed by atoms with E-state index in [1.165, 1.54) is 12.0 Å². The lowest BCUT2D eigenvalue weighted by Gasteiger charge is -2.37. The Kier molecular flexibility index (Phi) is 5.55. The fraction of sp³-hybridized carbons (Fsp3) is 0.833. The first kappa shape index (κ1) is 14.9. The van der Waals surface area contributed by atoms with E-state index in [1.54, 1.807) is 0 Å². The smallest absolute Gasteiger partial charge is 0.326 e. The van der Waals surface area contributed by atoms with E-state index in [2.05, 4.69) is 0 Å². The number of hydrogen-bond acceptors (Lipinski definition) is 4. The maximum Gasteiger partial charge on any atom is 0.326 e. The van der Waals surface area contributed by atoms with Gasteiger partial charge in [-0.25, -0.2) is 4.79 Å². The summed E-state index contributed by atoms with van der Waals surface area (Å²) in [5.41, 5.74) is 5.47. The third-order valence-electron chi connectivity index (χ3n) is 3.51. The van der Waals surface area contributed by atoms with E-state index in [-0.39, 0.29) is 30.9 Å². The van der Waals surface area contributed by atoms with E-state index in [9.17, 15) is 14.7 Å². The Balaban J connectivity index is 2.72. The molecule has 1 amide bonds. The predicted molar refractivity (Wildman–Crippen MR) is 66.0 cm³/mol. The summed E-state index contributed by atoms with van der Waals surface area (Å²) in [7, 11) is 1.50. The van der Waals surface area contributed by atoms with Gasteiger partial charge in [0.1, 0.15) is 6.04 Å². The number of amides is 1. The molecule has 3 atom stereocenters. The van der Waals surface area contributed by atoms with Crippen LogP contribution in [-0.4, -0.2) is 54.2 Å². The molecule has 6 nitrogen and oxygen atoms in total. The Morgan fingerprint density at radius 3 is 2.72 bits per heavy atom. The van der Waals surface area contributed by atoms with Crippen LogP contribution in [-0.2, 0) is 14.3 Å². The number of rotatable bonds is 5. The molecule has 0 saturated carbocycles. The molecule has 1 rings (SSSR count). The second kappa shape index (κ2) is 6.70. The summed E-state index contributed by atoms with van der Waals surface area (Å²) in [4.78, 5) is 24.8. The minimum atomic E-state index is -0.933. The second-order valence-corrected chi connectivity index (χ2v) is 4.79. The van der Waals surface area contributed by atoms with Gasteiger partial charge in [0.25, 0.3) is 0 Å². The van der Waals surface area contributed by atoms with Crippen LogP contribution in [0.15, 0.2) is 0 Å². The molecule has 0 radical (unpaired) electrons. The first-order valence-electron chi connectivity index (χ1n) is 6.26.